The molecule has 2 N–H and O–H groups in total. The molecule has 4 heteroatoms. The highest BCUT2D eigenvalue weighted by molar-refractivity contribution is 7.98. The smallest absolute Gasteiger partial charge is 0.321 e. The van der Waals surface area contributed by atoms with Gasteiger partial charge < -0.3 is 10.4 Å². The van der Waals surface area contributed by atoms with Crippen molar-refractivity contribution in [3.63, 3.8) is 0 Å². The zero-order chi connectivity index (χ0) is 15.8. The highest BCUT2D eigenvalue weighted by Gasteiger charge is 2.14. The standard InChI is InChI=1S/C17H35NO2S/c1-3-4-5-6-7-8-9-10-11-12-13-14-18-16(15-21-2)17(19)20/h16,18H,3-15H2,1-2H3,(H,19,20)/t16-/m0/s1. The van der Waals surface area contributed by atoms with Crippen LogP contribution in [0.25, 0.3) is 0 Å². The van der Waals surface area contributed by atoms with Crippen molar-refractivity contribution >= 4 is 17.7 Å². The Balaban J connectivity index is 3.23. The molecule has 0 aromatic carbocycles. The molecular formula is C17H35NO2S. The Kier molecular flexibility index (Phi) is 16.0. The van der Waals surface area contributed by atoms with Crippen molar-refractivity contribution in [1.82, 2.24) is 5.32 Å². The van der Waals surface area contributed by atoms with Crippen LogP contribution in [0, 0.1) is 0 Å². The first-order valence-electron chi connectivity index (χ1n) is 8.67. The van der Waals surface area contributed by atoms with Gasteiger partial charge in [0.05, 0.1) is 0 Å². The van der Waals surface area contributed by atoms with Gasteiger partial charge in [0.2, 0.25) is 0 Å². The van der Waals surface area contributed by atoms with E-state index >= 15 is 0 Å². The fourth-order valence-corrected chi connectivity index (χ4v) is 3.04. The lowest BCUT2D eigenvalue weighted by Gasteiger charge is -2.12. The van der Waals surface area contributed by atoms with Crippen LogP contribution in [0.5, 0.6) is 0 Å². The summed E-state index contributed by atoms with van der Waals surface area (Å²) in [6.07, 6.45) is 16.6. The van der Waals surface area contributed by atoms with Crippen molar-refractivity contribution in [1.29, 1.82) is 0 Å². The first-order valence-corrected chi connectivity index (χ1v) is 10.1. The molecule has 0 aliphatic rings. The number of nitrogens with one attached hydrogen (secondary N) is 1. The first kappa shape index (κ1) is 20.8. The molecule has 126 valence electrons. The fraction of sp³-hybridized carbons (Fsp3) is 0.941. The first-order chi connectivity index (χ1) is 10.2. The molecule has 0 saturated heterocycles. The van der Waals surface area contributed by atoms with E-state index in [1.54, 1.807) is 11.8 Å². The van der Waals surface area contributed by atoms with Crippen molar-refractivity contribution in [2.24, 2.45) is 0 Å². The summed E-state index contributed by atoms with van der Waals surface area (Å²) in [5, 5.41) is 12.1. The van der Waals surface area contributed by atoms with E-state index < -0.39 is 5.97 Å². The summed E-state index contributed by atoms with van der Waals surface area (Å²) >= 11 is 1.58. The average Bonchev–Trinajstić information content (AvgIpc) is 2.47. The van der Waals surface area contributed by atoms with Crippen LogP contribution >= 0.6 is 11.8 Å². The molecule has 0 amide bonds. The minimum atomic E-state index is -0.729. The number of aliphatic carboxylic acids is 1. The lowest BCUT2D eigenvalue weighted by atomic mass is 10.1. The van der Waals surface area contributed by atoms with Crippen molar-refractivity contribution in [3.8, 4) is 0 Å². The van der Waals surface area contributed by atoms with Crippen molar-refractivity contribution < 1.29 is 9.90 Å². The molecule has 0 aromatic heterocycles. The molecule has 0 aliphatic heterocycles. The van der Waals surface area contributed by atoms with Gasteiger partial charge in [-0.25, -0.2) is 0 Å². The van der Waals surface area contributed by atoms with E-state index in [0.717, 1.165) is 13.0 Å². The van der Waals surface area contributed by atoms with Gasteiger partial charge in [-0.15, -0.1) is 0 Å². The maximum atomic E-state index is 10.9. The predicted octanol–water partition coefficient (Wildman–Crippen LogP) is 4.70. The maximum Gasteiger partial charge on any atom is 0.321 e. The summed E-state index contributed by atoms with van der Waals surface area (Å²) < 4.78 is 0. The monoisotopic (exact) mass is 317 g/mol. The van der Waals surface area contributed by atoms with E-state index in [9.17, 15) is 4.79 Å². The van der Waals surface area contributed by atoms with Gasteiger partial charge in [-0.2, -0.15) is 11.8 Å². The number of rotatable bonds is 16. The number of unbranched alkanes of at least 4 members (excludes halogenated alkanes) is 10. The zero-order valence-electron chi connectivity index (χ0n) is 14.0. The molecule has 3 nitrogen and oxygen atoms in total. The minimum absolute atomic E-state index is 0.386. The molecule has 0 bridgehead atoms. The van der Waals surface area contributed by atoms with E-state index in [-0.39, 0.29) is 6.04 Å². The molecule has 0 spiro atoms. The summed E-state index contributed by atoms with van der Waals surface area (Å²) in [7, 11) is 0. The van der Waals surface area contributed by atoms with Gasteiger partial charge in [-0.05, 0) is 19.2 Å². The molecule has 21 heavy (non-hydrogen) atoms. The number of carboxylic acid groups (broad SMARTS) is 1. The normalized spacial score (nSPS) is 12.5. The second-order valence-corrected chi connectivity index (χ2v) is 6.75. The Labute approximate surface area is 135 Å². The molecule has 0 fully saturated rings. The van der Waals surface area contributed by atoms with Crippen molar-refractivity contribution in [2.75, 3.05) is 18.6 Å². The second-order valence-electron chi connectivity index (χ2n) is 5.84. The van der Waals surface area contributed by atoms with Crippen molar-refractivity contribution in [3.05, 3.63) is 0 Å². The Morgan fingerprint density at radius 2 is 1.43 bits per heavy atom. The number of thioether (sulfide) groups is 1. The van der Waals surface area contributed by atoms with Crippen molar-refractivity contribution in [2.45, 2.75) is 83.6 Å². The minimum Gasteiger partial charge on any atom is -0.480 e. The lowest BCUT2D eigenvalue weighted by Crippen LogP contribution is -2.39. The molecule has 0 rings (SSSR count). The number of carboxylic acids is 1. The van der Waals surface area contributed by atoms with Gasteiger partial charge in [0.25, 0.3) is 0 Å². The highest BCUT2D eigenvalue weighted by atomic mass is 32.2. The third kappa shape index (κ3) is 14.5. The Morgan fingerprint density at radius 1 is 0.952 bits per heavy atom. The number of hydrogen-bond acceptors (Lipinski definition) is 3. The van der Waals surface area contributed by atoms with Gasteiger partial charge in [-0.3, -0.25) is 4.79 Å². The van der Waals surface area contributed by atoms with E-state index in [4.69, 9.17) is 5.11 Å². The predicted molar refractivity (Wildman–Crippen MR) is 94.3 cm³/mol. The molecule has 0 aliphatic carbocycles. The highest BCUT2D eigenvalue weighted by Crippen LogP contribution is 2.11. The third-order valence-electron chi connectivity index (χ3n) is 3.80. The molecule has 0 radical (unpaired) electrons. The van der Waals surface area contributed by atoms with E-state index in [0.29, 0.717) is 5.75 Å². The van der Waals surface area contributed by atoms with Crippen LogP contribution in [0.3, 0.4) is 0 Å². The van der Waals surface area contributed by atoms with Gasteiger partial charge >= 0.3 is 5.97 Å². The van der Waals surface area contributed by atoms with Crippen LogP contribution in [0.1, 0.15) is 77.6 Å². The molecule has 0 heterocycles. The topological polar surface area (TPSA) is 49.3 Å². The maximum absolute atomic E-state index is 10.9. The van der Waals surface area contributed by atoms with Crippen LogP contribution in [-0.4, -0.2) is 35.7 Å². The largest absolute Gasteiger partial charge is 0.480 e. The van der Waals surface area contributed by atoms with Gasteiger partial charge in [-0.1, -0.05) is 71.1 Å². The molecular weight excluding hydrogens is 282 g/mol. The van der Waals surface area contributed by atoms with Gasteiger partial charge in [0, 0.05) is 5.75 Å². The summed E-state index contributed by atoms with van der Waals surface area (Å²) in [5.41, 5.74) is 0. The SMILES string of the molecule is CCCCCCCCCCCCCN[C@@H](CSC)C(=O)O. The van der Waals surface area contributed by atoms with Crippen LogP contribution in [0.4, 0.5) is 0 Å². The van der Waals surface area contributed by atoms with E-state index in [1.807, 2.05) is 6.26 Å². The summed E-state index contributed by atoms with van der Waals surface area (Å²) in [4.78, 5) is 10.9. The second kappa shape index (κ2) is 16.2. The molecule has 0 saturated carbocycles. The van der Waals surface area contributed by atoms with E-state index in [2.05, 4.69) is 12.2 Å². The average molecular weight is 318 g/mol. The molecule has 1 atom stereocenters. The third-order valence-corrected chi connectivity index (χ3v) is 4.47. The number of hydrogen-bond donors (Lipinski definition) is 2. The molecule has 0 aromatic rings. The quantitative estimate of drug-likeness (QED) is 0.405. The van der Waals surface area contributed by atoms with Crippen LogP contribution in [0.2, 0.25) is 0 Å². The van der Waals surface area contributed by atoms with Gasteiger partial charge in [0.1, 0.15) is 6.04 Å². The van der Waals surface area contributed by atoms with Gasteiger partial charge in [0.15, 0.2) is 0 Å². The van der Waals surface area contributed by atoms with Crippen LogP contribution < -0.4 is 5.32 Å². The van der Waals surface area contributed by atoms with E-state index in [1.165, 1.54) is 64.2 Å². The zero-order valence-corrected chi connectivity index (χ0v) is 14.8. The Bertz CT molecular complexity index is 237. The summed E-state index contributed by atoms with van der Waals surface area (Å²) in [6.45, 7) is 3.09. The lowest BCUT2D eigenvalue weighted by molar-refractivity contribution is -0.138. The number of carbonyl (C=O) groups is 1. The Morgan fingerprint density at radius 3 is 1.86 bits per heavy atom. The Hall–Kier alpha value is -0.220. The van der Waals surface area contributed by atoms with Crippen LogP contribution in [0.15, 0.2) is 0 Å². The fourth-order valence-electron chi connectivity index (χ4n) is 2.45. The summed E-state index contributed by atoms with van der Waals surface area (Å²) in [5.74, 6) is -0.0830. The van der Waals surface area contributed by atoms with Crippen LogP contribution in [-0.2, 0) is 4.79 Å². The molecule has 0 unspecified atom stereocenters. The summed E-state index contributed by atoms with van der Waals surface area (Å²) in [6, 6.07) is -0.386.